The summed E-state index contributed by atoms with van der Waals surface area (Å²) in [6.45, 7) is 1.94. The number of hydrogen-bond acceptors (Lipinski definition) is 4. The smallest absolute Gasteiger partial charge is 0.550 e. The average molecular weight is 381 g/mol. The van der Waals surface area contributed by atoms with Gasteiger partial charge in [-0.05, 0) is 25.5 Å². The number of hydrogen-bond donors (Lipinski definition) is 0. The summed E-state index contributed by atoms with van der Waals surface area (Å²) in [6.07, 6.45) is 0. The summed E-state index contributed by atoms with van der Waals surface area (Å²) in [5.41, 5.74) is 2.06. The molecular weight excluding hydrogens is 367 g/mol. The second kappa shape index (κ2) is 13.6. The van der Waals surface area contributed by atoms with Crippen LogP contribution in [-0.4, -0.2) is 49.7 Å². The molecule has 0 aromatic heterocycles. The molecule has 0 aliphatic heterocycles. The molecule has 0 amide bonds. The molecule has 0 fully saturated rings. The van der Waals surface area contributed by atoms with Crippen molar-refractivity contribution in [3.05, 3.63) is 58.6 Å². The third kappa shape index (κ3) is 12.3. The van der Waals surface area contributed by atoms with Crippen LogP contribution in [0.5, 0.6) is 0 Å². The Kier molecular flexibility index (Phi) is 14.5. The van der Waals surface area contributed by atoms with Gasteiger partial charge in [0.15, 0.2) is 0 Å². The number of carboxylic acid groups (broad SMARTS) is 2. The number of carbonyl (C=O) groups is 2. The van der Waals surface area contributed by atoms with Gasteiger partial charge in [0.25, 0.3) is 0 Å². The molecular formula is C16H14CaCl2O4. The van der Waals surface area contributed by atoms with Crippen LogP contribution in [-0.2, 0) is 9.59 Å². The normalized spacial score (nSPS) is 8.35. The number of carbonyl (C=O) groups excluding carboxylic acids is 2. The zero-order valence-electron chi connectivity index (χ0n) is 12.7. The number of benzene rings is 2. The summed E-state index contributed by atoms with van der Waals surface area (Å²) in [6, 6.07) is 15.6. The van der Waals surface area contributed by atoms with Gasteiger partial charge >= 0.3 is 37.7 Å². The zero-order chi connectivity index (χ0) is 17.1. The third-order valence-corrected chi connectivity index (χ3v) is 2.86. The van der Waals surface area contributed by atoms with Crippen LogP contribution in [0.3, 0.4) is 0 Å². The third-order valence-electron chi connectivity index (χ3n) is 2.04. The first-order valence-corrected chi connectivity index (χ1v) is 6.86. The van der Waals surface area contributed by atoms with Crippen LogP contribution in [0.15, 0.2) is 48.5 Å². The van der Waals surface area contributed by atoms with Crippen molar-refractivity contribution in [3.8, 4) is 11.1 Å². The number of carboxylic acids is 2. The minimum absolute atomic E-state index is 0. The van der Waals surface area contributed by atoms with Crippen molar-refractivity contribution in [2.75, 3.05) is 0 Å². The topological polar surface area (TPSA) is 80.3 Å². The van der Waals surface area contributed by atoms with Crippen LogP contribution in [0.25, 0.3) is 11.1 Å². The second-order valence-electron chi connectivity index (χ2n) is 3.95. The SMILES string of the molecule is CC(=O)[O-].CC(=O)[O-].Clc1cccc(-c2ccccc2)c1Cl.[Ca+2]. The van der Waals surface area contributed by atoms with Crippen LogP contribution in [0.1, 0.15) is 13.8 Å². The Morgan fingerprint density at radius 1 is 0.826 bits per heavy atom. The Labute approximate surface area is 175 Å². The van der Waals surface area contributed by atoms with Gasteiger partial charge in [0.1, 0.15) is 0 Å². The van der Waals surface area contributed by atoms with Gasteiger partial charge in [0.2, 0.25) is 0 Å². The summed E-state index contributed by atoms with van der Waals surface area (Å²) in [4.78, 5) is 17.8. The molecule has 2 aromatic carbocycles. The van der Waals surface area contributed by atoms with Gasteiger partial charge in [-0.2, -0.15) is 0 Å². The molecule has 7 heteroatoms. The van der Waals surface area contributed by atoms with E-state index in [0.29, 0.717) is 10.0 Å². The average Bonchev–Trinajstić information content (AvgIpc) is 2.42. The van der Waals surface area contributed by atoms with E-state index in [2.05, 4.69) is 0 Å². The molecule has 118 valence electrons. The largest absolute Gasteiger partial charge is 2.00 e. The van der Waals surface area contributed by atoms with Gasteiger partial charge in [-0.15, -0.1) is 0 Å². The summed E-state index contributed by atoms with van der Waals surface area (Å²) in [5.74, 6) is -2.17. The number of aliphatic carboxylic acids is 2. The molecule has 0 spiro atoms. The minimum atomic E-state index is -1.08. The fourth-order valence-corrected chi connectivity index (χ4v) is 1.75. The van der Waals surface area contributed by atoms with Crippen LogP contribution in [0, 0.1) is 0 Å². The molecule has 0 saturated heterocycles. The molecule has 0 radical (unpaired) electrons. The van der Waals surface area contributed by atoms with Crippen molar-refractivity contribution < 1.29 is 19.8 Å². The Morgan fingerprint density at radius 3 is 1.70 bits per heavy atom. The monoisotopic (exact) mass is 380 g/mol. The quantitative estimate of drug-likeness (QED) is 0.706. The molecule has 0 aliphatic carbocycles. The molecule has 0 N–H and O–H groups in total. The molecule has 0 unspecified atom stereocenters. The fraction of sp³-hybridized carbons (Fsp3) is 0.125. The van der Waals surface area contributed by atoms with Crippen LogP contribution in [0.2, 0.25) is 10.0 Å². The molecule has 4 nitrogen and oxygen atoms in total. The van der Waals surface area contributed by atoms with Crippen molar-refractivity contribution >= 4 is 72.9 Å². The van der Waals surface area contributed by atoms with Crippen LogP contribution in [0.4, 0.5) is 0 Å². The Hall–Kier alpha value is -0.780. The summed E-state index contributed by atoms with van der Waals surface area (Å²) >= 11 is 12.0. The van der Waals surface area contributed by atoms with Gasteiger partial charge in [-0.1, -0.05) is 65.7 Å². The van der Waals surface area contributed by atoms with E-state index in [1.54, 1.807) is 6.07 Å². The van der Waals surface area contributed by atoms with Gasteiger partial charge in [0.05, 0.1) is 10.0 Å². The maximum Gasteiger partial charge on any atom is 2.00 e. The Balaban J connectivity index is 0. The van der Waals surface area contributed by atoms with Gasteiger partial charge in [-0.25, -0.2) is 0 Å². The summed E-state index contributed by atoms with van der Waals surface area (Å²) in [7, 11) is 0. The van der Waals surface area contributed by atoms with Crippen LogP contribution >= 0.6 is 23.2 Å². The zero-order valence-corrected chi connectivity index (χ0v) is 16.4. The van der Waals surface area contributed by atoms with E-state index in [1.807, 2.05) is 42.5 Å². The molecule has 2 aromatic rings. The first-order valence-electron chi connectivity index (χ1n) is 6.10. The second-order valence-corrected chi connectivity index (χ2v) is 4.74. The first kappa shape index (κ1) is 24.5. The molecule has 0 aliphatic rings. The predicted octanol–water partition coefficient (Wildman–Crippen LogP) is 1.79. The van der Waals surface area contributed by atoms with Gasteiger partial charge < -0.3 is 19.8 Å². The number of halogens is 2. The molecule has 0 heterocycles. The van der Waals surface area contributed by atoms with E-state index in [9.17, 15) is 0 Å². The Morgan fingerprint density at radius 2 is 1.26 bits per heavy atom. The fourth-order valence-electron chi connectivity index (χ4n) is 1.34. The summed E-state index contributed by atoms with van der Waals surface area (Å²) < 4.78 is 0. The van der Waals surface area contributed by atoms with Crippen molar-refractivity contribution in [2.45, 2.75) is 13.8 Å². The maximum atomic E-state index is 8.89. The molecule has 23 heavy (non-hydrogen) atoms. The molecule has 2 rings (SSSR count). The van der Waals surface area contributed by atoms with E-state index in [0.717, 1.165) is 25.0 Å². The van der Waals surface area contributed by atoms with Gasteiger partial charge in [-0.3, -0.25) is 0 Å². The van der Waals surface area contributed by atoms with E-state index in [4.69, 9.17) is 43.0 Å². The van der Waals surface area contributed by atoms with Crippen LogP contribution < -0.4 is 10.2 Å². The molecule has 0 atom stereocenters. The predicted molar refractivity (Wildman–Crippen MR) is 89.0 cm³/mol. The van der Waals surface area contributed by atoms with E-state index >= 15 is 0 Å². The van der Waals surface area contributed by atoms with Gasteiger partial charge in [0, 0.05) is 17.5 Å². The van der Waals surface area contributed by atoms with Crippen molar-refractivity contribution in [3.63, 3.8) is 0 Å². The van der Waals surface area contributed by atoms with Crippen molar-refractivity contribution in [2.24, 2.45) is 0 Å². The maximum absolute atomic E-state index is 8.89. The Bertz CT molecular complexity index is 599. The number of rotatable bonds is 1. The van der Waals surface area contributed by atoms with E-state index in [-0.39, 0.29) is 37.7 Å². The van der Waals surface area contributed by atoms with E-state index < -0.39 is 11.9 Å². The standard InChI is InChI=1S/C12H8Cl2.2C2H4O2.Ca/c13-11-8-4-7-10(12(11)14)9-5-2-1-3-6-9;2*1-2(3)4;/h1-8H;2*1H3,(H,3,4);/q;;;+2/p-2. The molecule has 0 bridgehead atoms. The van der Waals surface area contributed by atoms with Crippen molar-refractivity contribution in [1.29, 1.82) is 0 Å². The molecule has 0 saturated carbocycles. The summed E-state index contributed by atoms with van der Waals surface area (Å²) in [5, 5.41) is 19.0. The van der Waals surface area contributed by atoms with Crippen molar-refractivity contribution in [1.82, 2.24) is 0 Å². The minimum Gasteiger partial charge on any atom is -0.550 e. The first-order chi connectivity index (χ1) is 10.3. The van der Waals surface area contributed by atoms with E-state index in [1.165, 1.54) is 0 Å².